The molecule has 0 aliphatic rings. The van der Waals surface area contributed by atoms with E-state index in [2.05, 4.69) is 6.58 Å². The molecule has 0 radical (unpaired) electrons. The van der Waals surface area contributed by atoms with Gasteiger partial charge in [-0.1, -0.05) is 91.1 Å². The number of para-hydroxylation sites is 1. The Balaban J connectivity index is 1.52. The van der Waals surface area contributed by atoms with Gasteiger partial charge in [0.1, 0.15) is 0 Å². The summed E-state index contributed by atoms with van der Waals surface area (Å²) in [5.74, 6) is 0. The minimum atomic E-state index is -4.91. The largest absolute Gasteiger partial charge is 0.416 e. The summed E-state index contributed by atoms with van der Waals surface area (Å²) in [5, 5.41) is 1.87. The van der Waals surface area contributed by atoms with E-state index in [1.807, 2.05) is 60.7 Å². The fourth-order valence-corrected chi connectivity index (χ4v) is 5.40. The number of alkyl halides is 6. The third-order valence-electron chi connectivity index (χ3n) is 6.49. The van der Waals surface area contributed by atoms with Gasteiger partial charge in [-0.3, -0.25) is 0 Å². The van der Waals surface area contributed by atoms with Crippen LogP contribution in [0.15, 0.2) is 115 Å². The van der Waals surface area contributed by atoms with Gasteiger partial charge in [-0.15, -0.1) is 0 Å². The van der Waals surface area contributed by atoms with E-state index in [1.165, 1.54) is 23.9 Å². The van der Waals surface area contributed by atoms with Crippen LogP contribution in [0.25, 0.3) is 37.9 Å². The Hall–Kier alpha value is -4.17. The lowest BCUT2D eigenvalue weighted by atomic mass is 9.93. The highest BCUT2D eigenvalue weighted by Crippen LogP contribution is 2.42. The normalized spacial score (nSPS) is 12.1. The van der Waals surface area contributed by atoms with Gasteiger partial charge in [0.15, 0.2) is 0 Å². The summed E-state index contributed by atoms with van der Waals surface area (Å²) in [5.41, 5.74) is 6.68. The molecule has 40 heavy (non-hydrogen) atoms. The molecule has 5 aromatic carbocycles. The highest BCUT2D eigenvalue weighted by molar-refractivity contribution is 8.08. The molecule has 5 rings (SSSR count). The lowest BCUT2D eigenvalue weighted by Gasteiger charge is -2.15. The van der Waals surface area contributed by atoms with E-state index in [9.17, 15) is 26.3 Å². The van der Waals surface area contributed by atoms with Gasteiger partial charge in [-0.25, -0.2) is 0 Å². The number of benzene rings is 5. The molecule has 0 aliphatic carbocycles. The number of nitrogens with two attached hydrogens (primary N) is 1. The molecular formula is C32H21F6NS. The zero-order valence-corrected chi connectivity index (χ0v) is 21.6. The molecule has 8 heteroatoms. The van der Waals surface area contributed by atoms with E-state index in [0.717, 1.165) is 49.4 Å². The van der Waals surface area contributed by atoms with E-state index >= 15 is 0 Å². The van der Waals surface area contributed by atoms with Crippen LogP contribution in [0.1, 0.15) is 16.7 Å². The Labute approximate surface area is 231 Å². The third-order valence-corrected chi connectivity index (χ3v) is 7.55. The molecule has 1 nitrogen and oxygen atoms in total. The molecule has 0 saturated carbocycles. The minimum absolute atomic E-state index is 0.129. The quantitative estimate of drug-likeness (QED) is 0.130. The highest BCUT2D eigenvalue weighted by Gasteiger charge is 2.37. The van der Waals surface area contributed by atoms with Gasteiger partial charge in [0.05, 0.1) is 11.1 Å². The SMILES string of the molecule is C=C(Sc1ccccc1N)c1ccc(-c2ccc(-c3cc(C(F)(F)F)cc(C(F)(F)F)c3)cc2)c2ccccc12. The zero-order valence-electron chi connectivity index (χ0n) is 20.8. The molecule has 0 unspecified atom stereocenters. The Morgan fingerprint density at radius 1 is 0.600 bits per heavy atom. The average Bonchev–Trinajstić information content (AvgIpc) is 2.92. The van der Waals surface area contributed by atoms with Crippen molar-refractivity contribution in [3.63, 3.8) is 0 Å². The molecule has 0 fully saturated rings. The first-order chi connectivity index (χ1) is 18.9. The molecule has 5 aromatic rings. The Morgan fingerprint density at radius 2 is 1.15 bits per heavy atom. The molecule has 0 amide bonds. The fourth-order valence-electron chi connectivity index (χ4n) is 4.52. The summed E-state index contributed by atoms with van der Waals surface area (Å²) in [6, 6.07) is 27.2. The maximum absolute atomic E-state index is 13.3. The maximum atomic E-state index is 13.3. The number of thioether (sulfide) groups is 1. The van der Waals surface area contributed by atoms with Crippen LogP contribution in [0.5, 0.6) is 0 Å². The Morgan fingerprint density at radius 3 is 1.75 bits per heavy atom. The van der Waals surface area contributed by atoms with Crippen molar-refractivity contribution in [2.24, 2.45) is 0 Å². The second-order valence-corrected chi connectivity index (χ2v) is 10.3. The lowest BCUT2D eigenvalue weighted by molar-refractivity contribution is -0.143. The predicted octanol–water partition coefficient (Wildman–Crippen LogP) is 10.6. The number of nitrogen functional groups attached to an aromatic ring is 1. The Kier molecular flexibility index (Phi) is 7.14. The molecule has 0 aliphatic heterocycles. The van der Waals surface area contributed by atoms with Gasteiger partial charge in [0.25, 0.3) is 0 Å². The standard InChI is InChI=1S/C32H21F6NS/c1-19(40-30-9-5-4-8-29(30)39)25-14-15-26(28-7-3-2-6-27(25)28)21-12-10-20(11-13-21)22-16-23(31(33,34)35)18-24(17-22)32(36,37)38/h2-18H,1,39H2. The van der Waals surface area contributed by atoms with Crippen molar-refractivity contribution < 1.29 is 26.3 Å². The van der Waals surface area contributed by atoms with E-state index in [0.29, 0.717) is 5.69 Å². The smallest absolute Gasteiger partial charge is 0.398 e. The zero-order chi connectivity index (χ0) is 28.7. The van der Waals surface area contributed by atoms with Gasteiger partial charge in [0, 0.05) is 15.5 Å². The first-order valence-corrected chi connectivity index (χ1v) is 12.9. The van der Waals surface area contributed by atoms with Crippen LogP contribution < -0.4 is 5.73 Å². The molecule has 0 bridgehead atoms. The minimum Gasteiger partial charge on any atom is -0.398 e. The molecular weight excluding hydrogens is 544 g/mol. The number of rotatable bonds is 5. The number of halogens is 6. The summed E-state index contributed by atoms with van der Waals surface area (Å²) < 4.78 is 80.0. The van der Waals surface area contributed by atoms with Crippen molar-refractivity contribution in [2.75, 3.05) is 5.73 Å². The number of hydrogen-bond acceptors (Lipinski definition) is 2. The summed E-state index contributed by atoms with van der Waals surface area (Å²) in [7, 11) is 0. The first kappa shape index (κ1) is 27.4. The molecule has 0 spiro atoms. The van der Waals surface area contributed by atoms with Gasteiger partial charge in [0.2, 0.25) is 0 Å². The van der Waals surface area contributed by atoms with Gasteiger partial charge >= 0.3 is 12.4 Å². The predicted molar refractivity (Wildman–Crippen MR) is 151 cm³/mol. The monoisotopic (exact) mass is 565 g/mol. The van der Waals surface area contributed by atoms with Crippen LogP contribution in [0.4, 0.5) is 32.0 Å². The molecule has 0 aromatic heterocycles. The third kappa shape index (κ3) is 5.58. The van der Waals surface area contributed by atoms with Gasteiger partial charge in [-0.05, 0) is 68.9 Å². The van der Waals surface area contributed by atoms with Gasteiger partial charge < -0.3 is 5.73 Å². The summed E-state index contributed by atoms with van der Waals surface area (Å²) in [4.78, 5) is 1.69. The van der Waals surface area contributed by atoms with E-state index in [-0.39, 0.29) is 17.2 Å². The van der Waals surface area contributed by atoms with E-state index in [4.69, 9.17) is 5.73 Å². The van der Waals surface area contributed by atoms with Crippen LogP contribution in [0.3, 0.4) is 0 Å². The van der Waals surface area contributed by atoms with Crippen molar-refractivity contribution in [3.05, 3.63) is 126 Å². The van der Waals surface area contributed by atoms with Crippen LogP contribution in [-0.4, -0.2) is 0 Å². The van der Waals surface area contributed by atoms with Crippen molar-refractivity contribution in [3.8, 4) is 22.3 Å². The fraction of sp³-hybridized carbons (Fsp3) is 0.0625. The lowest BCUT2D eigenvalue weighted by Crippen LogP contribution is -2.11. The van der Waals surface area contributed by atoms with Crippen molar-refractivity contribution in [2.45, 2.75) is 17.2 Å². The van der Waals surface area contributed by atoms with Crippen LogP contribution in [0, 0.1) is 0 Å². The van der Waals surface area contributed by atoms with Crippen molar-refractivity contribution in [1.82, 2.24) is 0 Å². The molecule has 2 N–H and O–H groups in total. The van der Waals surface area contributed by atoms with Crippen LogP contribution in [0.2, 0.25) is 0 Å². The second-order valence-electron chi connectivity index (χ2n) is 9.14. The maximum Gasteiger partial charge on any atom is 0.416 e. The highest BCUT2D eigenvalue weighted by atomic mass is 32.2. The number of hydrogen-bond donors (Lipinski definition) is 1. The van der Waals surface area contributed by atoms with Gasteiger partial charge in [-0.2, -0.15) is 26.3 Å². The first-order valence-electron chi connectivity index (χ1n) is 12.1. The molecule has 0 heterocycles. The summed E-state index contributed by atoms with van der Waals surface area (Å²) in [6.45, 7) is 4.25. The van der Waals surface area contributed by atoms with Crippen molar-refractivity contribution >= 4 is 33.1 Å². The number of anilines is 1. The Bertz CT molecular complexity index is 1690. The average molecular weight is 566 g/mol. The molecule has 0 saturated heterocycles. The summed E-state index contributed by atoms with van der Waals surface area (Å²) >= 11 is 1.47. The summed E-state index contributed by atoms with van der Waals surface area (Å²) in [6.07, 6.45) is -9.82. The van der Waals surface area contributed by atoms with Crippen LogP contribution in [-0.2, 0) is 12.4 Å². The molecule has 202 valence electrons. The second kappa shape index (κ2) is 10.4. The van der Waals surface area contributed by atoms with E-state index in [1.54, 1.807) is 12.1 Å². The van der Waals surface area contributed by atoms with Crippen LogP contribution >= 0.6 is 11.8 Å². The topological polar surface area (TPSA) is 26.0 Å². The van der Waals surface area contributed by atoms with E-state index < -0.39 is 23.5 Å². The number of fused-ring (bicyclic) bond motifs is 1. The van der Waals surface area contributed by atoms with Crippen molar-refractivity contribution in [1.29, 1.82) is 0 Å². The molecule has 0 atom stereocenters.